The molecule has 6 nitrogen and oxygen atoms in total. The molecule has 2 amide bonds. The van der Waals surface area contributed by atoms with Gasteiger partial charge >= 0.3 is 5.97 Å². The standard InChI is InChI=1S/C18H26N2O4/c1-6-20(24-15(5)22)18(23)17(13(2)3)19(14(4)21)12-16-10-8-7-9-11-16/h7-11,13,17H,6,12H2,1-5H3. The van der Waals surface area contributed by atoms with Gasteiger partial charge in [-0.1, -0.05) is 44.2 Å². The Morgan fingerprint density at radius 3 is 2.08 bits per heavy atom. The summed E-state index contributed by atoms with van der Waals surface area (Å²) in [5, 5.41) is 1.02. The zero-order valence-corrected chi connectivity index (χ0v) is 15.0. The van der Waals surface area contributed by atoms with Gasteiger partial charge in [-0.15, -0.1) is 0 Å². The fourth-order valence-electron chi connectivity index (χ4n) is 2.53. The summed E-state index contributed by atoms with van der Waals surface area (Å²) in [4.78, 5) is 42.7. The van der Waals surface area contributed by atoms with Crippen molar-refractivity contribution in [3.05, 3.63) is 35.9 Å². The van der Waals surface area contributed by atoms with Crippen LogP contribution in [0.1, 0.15) is 40.2 Å². The van der Waals surface area contributed by atoms with Gasteiger partial charge < -0.3 is 9.74 Å². The summed E-state index contributed by atoms with van der Waals surface area (Å²) < 4.78 is 0. The first kappa shape index (κ1) is 19.7. The van der Waals surface area contributed by atoms with Gasteiger partial charge in [0.25, 0.3) is 5.91 Å². The minimum absolute atomic E-state index is 0.130. The molecule has 0 aliphatic rings. The molecular formula is C18H26N2O4. The third-order valence-corrected chi connectivity index (χ3v) is 3.59. The van der Waals surface area contributed by atoms with Crippen LogP contribution < -0.4 is 0 Å². The lowest BCUT2D eigenvalue weighted by Gasteiger charge is -2.35. The Balaban J connectivity index is 3.10. The third-order valence-electron chi connectivity index (χ3n) is 3.59. The molecule has 0 aliphatic heterocycles. The molecule has 132 valence electrons. The lowest BCUT2D eigenvalue weighted by molar-refractivity contribution is -0.200. The molecule has 0 fully saturated rings. The smallest absolute Gasteiger partial charge is 0.329 e. The molecule has 0 N–H and O–H groups in total. The van der Waals surface area contributed by atoms with Crippen LogP contribution >= 0.6 is 0 Å². The van der Waals surface area contributed by atoms with Crippen LogP contribution in [0, 0.1) is 5.92 Å². The number of likely N-dealkylation sites (N-methyl/N-ethyl adjacent to an activating group) is 1. The van der Waals surface area contributed by atoms with E-state index in [9.17, 15) is 14.4 Å². The third kappa shape index (κ3) is 5.37. The zero-order valence-electron chi connectivity index (χ0n) is 15.0. The predicted molar refractivity (Wildman–Crippen MR) is 90.4 cm³/mol. The summed E-state index contributed by atoms with van der Waals surface area (Å²) in [7, 11) is 0. The number of carbonyl (C=O) groups excluding carboxylic acids is 3. The van der Waals surface area contributed by atoms with E-state index in [-0.39, 0.29) is 18.4 Å². The molecule has 1 aromatic carbocycles. The van der Waals surface area contributed by atoms with E-state index < -0.39 is 17.9 Å². The van der Waals surface area contributed by atoms with Gasteiger partial charge in [-0.2, -0.15) is 5.06 Å². The molecule has 0 saturated carbocycles. The molecule has 24 heavy (non-hydrogen) atoms. The van der Waals surface area contributed by atoms with Crippen molar-refractivity contribution < 1.29 is 19.2 Å². The highest BCUT2D eigenvalue weighted by Crippen LogP contribution is 2.18. The maximum absolute atomic E-state index is 12.8. The van der Waals surface area contributed by atoms with Gasteiger partial charge in [0.15, 0.2) is 0 Å². The number of rotatable bonds is 6. The average molecular weight is 334 g/mol. The van der Waals surface area contributed by atoms with E-state index in [4.69, 9.17) is 4.84 Å². The van der Waals surface area contributed by atoms with Crippen LogP contribution in [0.2, 0.25) is 0 Å². The monoisotopic (exact) mass is 334 g/mol. The highest BCUT2D eigenvalue weighted by Gasteiger charge is 2.35. The van der Waals surface area contributed by atoms with Gasteiger partial charge in [-0.05, 0) is 18.4 Å². The molecule has 0 aliphatic carbocycles. The van der Waals surface area contributed by atoms with E-state index in [1.165, 1.54) is 18.7 Å². The van der Waals surface area contributed by atoms with Crippen molar-refractivity contribution in [1.82, 2.24) is 9.96 Å². The molecule has 0 saturated heterocycles. The number of benzene rings is 1. The van der Waals surface area contributed by atoms with Crippen LogP contribution in [0.15, 0.2) is 30.3 Å². The first-order valence-corrected chi connectivity index (χ1v) is 8.08. The lowest BCUT2D eigenvalue weighted by Crippen LogP contribution is -2.52. The quantitative estimate of drug-likeness (QED) is 0.749. The topological polar surface area (TPSA) is 66.9 Å². The van der Waals surface area contributed by atoms with Crippen molar-refractivity contribution in [3.63, 3.8) is 0 Å². The molecule has 6 heteroatoms. The minimum atomic E-state index is -0.706. The Morgan fingerprint density at radius 1 is 1.08 bits per heavy atom. The summed E-state index contributed by atoms with van der Waals surface area (Å²) in [5.74, 6) is -1.29. The van der Waals surface area contributed by atoms with E-state index in [0.29, 0.717) is 6.54 Å². The number of hydrogen-bond acceptors (Lipinski definition) is 4. The summed E-state index contributed by atoms with van der Waals surface area (Å²) in [5.41, 5.74) is 0.932. The van der Waals surface area contributed by atoms with E-state index in [1.807, 2.05) is 44.2 Å². The number of amides is 2. The van der Waals surface area contributed by atoms with Crippen molar-refractivity contribution in [2.45, 2.75) is 47.2 Å². The molecule has 1 aromatic rings. The van der Waals surface area contributed by atoms with Gasteiger partial charge in [0.1, 0.15) is 6.04 Å². The summed E-state index contributed by atoms with van der Waals surface area (Å²) in [6.07, 6.45) is 0. The molecule has 0 radical (unpaired) electrons. The van der Waals surface area contributed by atoms with E-state index in [0.717, 1.165) is 10.6 Å². The molecule has 1 atom stereocenters. The Kier molecular flexibility index (Phi) is 7.42. The Morgan fingerprint density at radius 2 is 1.67 bits per heavy atom. The fourth-order valence-corrected chi connectivity index (χ4v) is 2.53. The first-order valence-electron chi connectivity index (χ1n) is 8.08. The molecule has 0 bridgehead atoms. The summed E-state index contributed by atoms with van der Waals surface area (Å²) in [6.45, 7) is 8.67. The molecule has 0 heterocycles. The molecule has 0 spiro atoms. The Labute approximate surface area is 143 Å². The van der Waals surface area contributed by atoms with Crippen molar-refractivity contribution in [3.8, 4) is 0 Å². The summed E-state index contributed by atoms with van der Waals surface area (Å²) in [6, 6.07) is 8.77. The highest BCUT2D eigenvalue weighted by atomic mass is 16.7. The van der Waals surface area contributed by atoms with Crippen molar-refractivity contribution in [2.75, 3.05) is 6.54 Å². The van der Waals surface area contributed by atoms with Crippen LogP contribution in [-0.2, 0) is 25.8 Å². The van der Waals surface area contributed by atoms with E-state index >= 15 is 0 Å². The Hall–Kier alpha value is -2.37. The predicted octanol–water partition coefficient (Wildman–Crippen LogP) is 2.39. The van der Waals surface area contributed by atoms with Crippen LogP contribution in [0.25, 0.3) is 0 Å². The minimum Gasteiger partial charge on any atom is -0.338 e. The van der Waals surface area contributed by atoms with Crippen LogP contribution in [0.5, 0.6) is 0 Å². The Bertz CT molecular complexity index is 572. The molecule has 1 unspecified atom stereocenters. The second-order valence-corrected chi connectivity index (χ2v) is 5.94. The first-order chi connectivity index (χ1) is 11.3. The van der Waals surface area contributed by atoms with E-state index in [2.05, 4.69) is 0 Å². The number of carbonyl (C=O) groups is 3. The van der Waals surface area contributed by atoms with Gasteiger partial charge in [0.05, 0.1) is 6.54 Å². The van der Waals surface area contributed by atoms with Gasteiger partial charge in [-0.25, -0.2) is 0 Å². The van der Waals surface area contributed by atoms with Crippen LogP contribution in [0.4, 0.5) is 0 Å². The molecular weight excluding hydrogens is 308 g/mol. The van der Waals surface area contributed by atoms with Crippen molar-refractivity contribution in [2.24, 2.45) is 5.92 Å². The lowest BCUT2D eigenvalue weighted by atomic mass is 10.00. The van der Waals surface area contributed by atoms with E-state index in [1.54, 1.807) is 6.92 Å². The van der Waals surface area contributed by atoms with Crippen molar-refractivity contribution >= 4 is 17.8 Å². The van der Waals surface area contributed by atoms with Gasteiger partial charge in [-0.3, -0.25) is 14.4 Å². The zero-order chi connectivity index (χ0) is 18.3. The van der Waals surface area contributed by atoms with Gasteiger partial charge in [0, 0.05) is 20.4 Å². The van der Waals surface area contributed by atoms with Crippen molar-refractivity contribution in [1.29, 1.82) is 0 Å². The largest absolute Gasteiger partial charge is 0.338 e. The average Bonchev–Trinajstić information content (AvgIpc) is 2.52. The maximum Gasteiger partial charge on any atom is 0.329 e. The van der Waals surface area contributed by atoms with Crippen LogP contribution in [0.3, 0.4) is 0 Å². The molecule has 1 rings (SSSR count). The summed E-state index contributed by atoms with van der Waals surface area (Å²) >= 11 is 0. The second kappa shape index (κ2) is 9.05. The number of nitrogens with zero attached hydrogens (tertiary/aromatic N) is 2. The highest BCUT2D eigenvalue weighted by molar-refractivity contribution is 5.87. The maximum atomic E-state index is 12.8. The molecule has 0 aromatic heterocycles. The fraction of sp³-hybridized carbons (Fsp3) is 0.500. The van der Waals surface area contributed by atoms with Gasteiger partial charge in [0.2, 0.25) is 5.91 Å². The SMILES string of the molecule is CCN(OC(C)=O)C(=O)C(C(C)C)N(Cc1ccccc1)C(C)=O. The number of hydroxylamine groups is 2. The normalized spacial score (nSPS) is 11.8. The second-order valence-electron chi connectivity index (χ2n) is 5.94. The number of hydrogen-bond donors (Lipinski definition) is 0. The van der Waals surface area contributed by atoms with Crippen LogP contribution in [-0.4, -0.2) is 40.3 Å².